The average molecular weight is 277 g/mol. The maximum absolute atomic E-state index is 11.2. The minimum Gasteiger partial charge on any atom is -0.478 e. The molecule has 0 radical (unpaired) electrons. The number of H-pyrrole nitrogens is 1. The number of nitrogens with one attached hydrogen (secondary N) is 2. The third-order valence-corrected chi connectivity index (χ3v) is 2.66. The van der Waals surface area contributed by atoms with E-state index < -0.39 is 5.97 Å². The first kappa shape index (κ1) is 13.9. The van der Waals surface area contributed by atoms with Crippen molar-refractivity contribution in [3.63, 3.8) is 0 Å². The Balaban J connectivity index is 2.01. The summed E-state index contributed by atoms with van der Waals surface area (Å²) in [7, 11) is 0. The monoisotopic (exact) mass is 277 g/mol. The molecule has 0 saturated heterocycles. The lowest BCUT2D eigenvalue weighted by Gasteiger charge is -2.02. The number of aromatic nitrogens is 2. The molecule has 2 aromatic rings. The zero-order chi connectivity index (χ0) is 14.5. The van der Waals surface area contributed by atoms with Crippen LogP contribution in [-0.2, 0) is 9.53 Å². The molecule has 0 saturated carbocycles. The number of hydrogen-bond donors (Lipinski definition) is 3. The van der Waals surface area contributed by atoms with Crippen LogP contribution in [0.1, 0.15) is 23.7 Å². The highest BCUT2D eigenvalue weighted by atomic mass is 16.5. The molecule has 20 heavy (non-hydrogen) atoms. The number of carboxylic acids is 1. The van der Waals surface area contributed by atoms with Crippen molar-refractivity contribution in [1.82, 2.24) is 9.97 Å². The molecule has 0 aliphatic carbocycles. The molecule has 1 aromatic carbocycles. The van der Waals surface area contributed by atoms with Crippen molar-refractivity contribution in [2.24, 2.45) is 0 Å². The van der Waals surface area contributed by atoms with Gasteiger partial charge in [0, 0.05) is 6.54 Å². The van der Waals surface area contributed by atoms with Gasteiger partial charge in [0.1, 0.15) is 0 Å². The second-order valence-electron chi connectivity index (χ2n) is 4.10. The lowest BCUT2D eigenvalue weighted by Crippen LogP contribution is -2.11. The molecule has 0 bridgehead atoms. The Bertz CT molecular complexity index is 636. The lowest BCUT2D eigenvalue weighted by atomic mass is 10.2. The Hall–Kier alpha value is -2.57. The SMILES string of the molecule is CCOC(=O)CCNc1nc2ccc(C(=O)O)cc2[nH]1. The molecule has 0 fully saturated rings. The van der Waals surface area contributed by atoms with E-state index in [1.54, 1.807) is 13.0 Å². The maximum Gasteiger partial charge on any atom is 0.335 e. The molecule has 1 aromatic heterocycles. The number of hydrogen-bond acceptors (Lipinski definition) is 5. The first-order chi connectivity index (χ1) is 9.60. The molecule has 2 rings (SSSR count). The standard InChI is InChI=1S/C13H15N3O4/c1-2-20-11(17)5-6-14-13-15-9-4-3-8(12(18)19)7-10(9)16-13/h3-4,7H,2,5-6H2,1H3,(H,18,19)(H2,14,15,16). The first-order valence-electron chi connectivity index (χ1n) is 6.22. The van der Waals surface area contributed by atoms with Crippen molar-refractivity contribution >= 4 is 28.9 Å². The molecule has 7 nitrogen and oxygen atoms in total. The van der Waals surface area contributed by atoms with Crippen LogP contribution in [-0.4, -0.2) is 40.2 Å². The van der Waals surface area contributed by atoms with Crippen LogP contribution in [0, 0.1) is 0 Å². The van der Waals surface area contributed by atoms with Gasteiger partial charge in [0.05, 0.1) is 29.6 Å². The number of nitrogens with zero attached hydrogens (tertiary/aromatic N) is 1. The molecular formula is C13H15N3O4. The normalized spacial score (nSPS) is 10.4. The van der Waals surface area contributed by atoms with Gasteiger partial charge in [-0.3, -0.25) is 4.79 Å². The molecule has 0 amide bonds. The van der Waals surface area contributed by atoms with E-state index in [1.165, 1.54) is 12.1 Å². The van der Waals surface area contributed by atoms with E-state index in [4.69, 9.17) is 9.84 Å². The van der Waals surface area contributed by atoms with Gasteiger partial charge < -0.3 is 20.1 Å². The van der Waals surface area contributed by atoms with Crippen molar-refractivity contribution in [1.29, 1.82) is 0 Å². The van der Waals surface area contributed by atoms with Crippen LogP contribution in [0.5, 0.6) is 0 Å². The fourth-order valence-corrected chi connectivity index (χ4v) is 1.74. The molecule has 1 heterocycles. The molecule has 0 aliphatic rings. The Morgan fingerprint density at radius 1 is 1.45 bits per heavy atom. The smallest absolute Gasteiger partial charge is 0.335 e. The second kappa shape index (κ2) is 6.05. The highest BCUT2D eigenvalue weighted by Crippen LogP contribution is 2.16. The predicted octanol–water partition coefficient (Wildman–Crippen LogP) is 1.63. The van der Waals surface area contributed by atoms with Gasteiger partial charge in [-0.2, -0.15) is 0 Å². The van der Waals surface area contributed by atoms with Gasteiger partial charge in [0.2, 0.25) is 5.95 Å². The van der Waals surface area contributed by atoms with Gasteiger partial charge in [-0.15, -0.1) is 0 Å². The number of carbonyl (C=O) groups is 2. The lowest BCUT2D eigenvalue weighted by molar-refractivity contribution is -0.142. The number of imidazole rings is 1. The minimum atomic E-state index is -0.988. The number of ether oxygens (including phenoxy) is 1. The number of carbonyl (C=O) groups excluding carboxylic acids is 1. The topological polar surface area (TPSA) is 104 Å². The fourth-order valence-electron chi connectivity index (χ4n) is 1.74. The van der Waals surface area contributed by atoms with Gasteiger partial charge in [0.25, 0.3) is 0 Å². The summed E-state index contributed by atoms with van der Waals surface area (Å²) in [5, 5.41) is 11.9. The van der Waals surface area contributed by atoms with E-state index >= 15 is 0 Å². The molecule has 0 spiro atoms. The summed E-state index contributed by atoms with van der Waals surface area (Å²) in [5.74, 6) is -0.769. The molecule has 0 aliphatic heterocycles. The van der Waals surface area contributed by atoms with Crippen molar-refractivity contribution in [2.45, 2.75) is 13.3 Å². The number of esters is 1. The van der Waals surface area contributed by atoms with E-state index in [0.29, 0.717) is 30.1 Å². The Kier molecular flexibility index (Phi) is 4.19. The zero-order valence-corrected chi connectivity index (χ0v) is 11.0. The van der Waals surface area contributed by atoms with E-state index in [2.05, 4.69) is 15.3 Å². The Labute approximate surface area is 115 Å². The highest BCUT2D eigenvalue weighted by molar-refractivity contribution is 5.92. The zero-order valence-electron chi connectivity index (χ0n) is 11.0. The molecule has 0 atom stereocenters. The molecule has 106 valence electrons. The van der Waals surface area contributed by atoms with Crippen molar-refractivity contribution in [2.75, 3.05) is 18.5 Å². The molecule has 7 heteroatoms. The van der Waals surface area contributed by atoms with Crippen molar-refractivity contribution in [3.8, 4) is 0 Å². The third kappa shape index (κ3) is 3.25. The van der Waals surface area contributed by atoms with Crippen LogP contribution in [0.4, 0.5) is 5.95 Å². The number of fused-ring (bicyclic) bond motifs is 1. The van der Waals surface area contributed by atoms with E-state index in [0.717, 1.165) is 0 Å². The molecule has 3 N–H and O–H groups in total. The van der Waals surface area contributed by atoms with E-state index in [-0.39, 0.29) is 18.0 Å². The van der Waals surface area contributed by atoms with Gasteiger partial charge in [-0.05, 0) is 25.1 Å². The van der Waals surface area contributed by atoms with Crippen molar-refractivity contribution in [3.05, 3.63) is 23.8 Å². The number of aromatic amines is 1. The van der Waals surface area contributed by atoms with Crippen molar-refractivity contribution < 1.29 is 19.4 Å². The van der Waals surface area contributed by atoms with Gasteiger partial charge in [-0.25, -0.2) is 9.78 Å². The average Bonchev–Trinajstić information content (AvgIpc) is 2.80. The summed E-state index contributed by atoms with van der Waals surface area (Å²) in [6.45, 7) is 2.51. The number of rotatable bonds is 6. The Morgan fingerprint density at radius 3 is 2.95 bits per heavy atom. The largest absolute Gasteiger partial charge is 0.478 e. The summed E-state index contributed by atoms with van der Waals surface area (Å²) >= 11 is 0. The number of anilines is 1. The summed E-state index contributed by atoms with van der Waals surface area (Å²) in [4.78, 5) is 29.2. The predicted molar refractivity (Wildman–Crippen MR) is 72.8 cm³/mol. The second-order valence-corrected chi connectivity index (χ2v) is 4.10. The summed E-state index contributed by atoms with van der Waals surface area (Å²) in [5.41, 5.74) is 1.48. The van der Waals surface area contributed by atoms with Gasteiger partial charge in [-0.1, -0.05) is 0 Å². The number of aromatic carboxylic acids is 1. The van der Waals surface area contributed by atoms with Crippen LogP contribution < -0.4 is 5.32 Å². The summed E-state index contributed by atoms with van der Waals surface area (Å²) in [6.07, 6.45) is 0.241. The number of benzene rings is 1. The van der Waals surface area contributed by atoms with Crippen LogP contribution in [0.3, 0.4) is 0 Å². The van der Waals surface area contributed by atoms with Crippen LogP contribution in [0.15, 0.2) is 18.2 Å². The molecular weight excluding hydrogens is 262 g/mol. The molecule has 0 unspecified atom stereocenters. The fraction of sp³-hybridized carbons (Fsp3) is 0.308. The minimum absolute atomic E-state index is 0.194. The number of carboxylic acid groups (broad SMARTS) is 1. The van der Waals surface area contributed by atoms with Crippen LogP contribution in [0.25, 0.3) is 11.0 Å². The first-order valence-corrected chi connectivity index (χ1v) is 6.22. The van der Waals surface area contributed by atoms with Crippen LogP contribution in [0.2, 0.25) is 0 Å². The van der Waals surface area contributed by atoms with E-state index in [9.17, 15) is 9.59 Å². The van der Waals surface area contributed by atoms with E-state index in [1.807, 2.05) is 0 Å². The van der Waals surface area contributed by atoms with Crippen LogP contribution >= 0.6 is 0 Å². The van der Waals surface area contributed by atoms with Gasteiger partial charge >= 0.3 is 11.9 Å². The summed E-state index contributed by atoms with van der Waals surface area (Å²) in [6, 6.07) is 4.64. The Morgan fingerprint density at radius 2 is 2.25 bits per heavy atom. The summed E-state index contributed by atoms with van der Waals surface area (Å²) < 4.78 is 4.81. The third-order valence-electron chi connectivity index (χ3n) is 2.66. The quantitative estimate of drug-likeness (QED) is 0.693. The highest BCUT2D eigenvalue weighted by Gasteiger charge is 2.08. The maximum atomic E-state index is 11.2. The van der Waals surface area contributed by atoms with Gasteiger partial charge in [0.15, 0.2) is 0 Å².